The second kappa shape index (κ2) is 6.98. The fraction of sp³-hybridized carbons (Fsp3) is 0.100. The molecule has 0 bridgehead atoms. The largest absolute Gasteiger partial charge is 0.475 e. The number of carboxylic acid groups (broad SMARTS) is 1. The van der Waals surface area contributed by atoms with Crippen LogP contribution in [-0.4, -0.2) is 22.6 Å². The van der Waals surface area contributed by atoms with E-state index in [2.05, 4.69) is 0 Å². The van der Waals surface area contributed by atoms with Gasteiger partial charge in [-0.25, -0.2) is 4.79 Å². The number of ketones is 2. The molecule has 0 heterocycles. The van der Waals surface area contributed by atoms with Gasteiger partial charge in [-0.15, -0.1) is 0 Å². The Morgan fingerprint density at radius 1 is 1.07 bits per heavy atom. The van der Waals surface area contributed by atoms with Crippen LogP contribution in [0.25, 0.3) is 0 Å². The first-order valence-corrected chi connectivity index (χ1v) is 3.95. The molecule has 0 aromatic heterocycles. The standard InChI is InChI=1S/C10H8O4.Eu/c11-8(6-9(12)10(13)14)7-4-2-1-3-5-7;/h1-5H,6H2,(H,13,14);. The summed E-state index contributed by atoms with van der Waals surface area (Å²) in [4.78, 5) is 32.1. The maximum atomic E-state index is 11.3. The maximum absolute atomic E-state index is 11.3. The smallest absolute Gasteiger partial charge is 0.372 e. The number of rotatable bonds is 4. The molecule has 5 heteroatoms. The number of carbonyl (C=O) groups excluding carboxylic acids is 2. The average molecular weight is 344 g/mol. The first kappa shape index (κ1) is 14.6. The van der Waals surface area contributed by atoms with E-state index in [4.69, 9.17) is 5.11 Å². The van der Waals surface area contributed by atoms with Crippen molar-refractivity contribution in [1.82, 2.24) is 0 Å². The molecule has 4 nitrogen and oxygen atoms in total. The van der Waals surface area contributed by atoms with E-state index < -0.39 is 24.0 Å². The zero-order valence-electron chi connectivity index (χ0n) is 7.64. The van der Waals surface area contributed by atoms with Gasteiger partial charge in [0.2, 0.25) is 5.78 Å². The molecule has 1 aromatic carbocycles. The van der Waals surface area contributed by atoms with Gasteiger partial charge in [-0.05, 0) is 0 Å². The van der Waals surface area contributed by atoms with E-state index in [-0.39, 0.29) is 49.4 Å². The minimum atomic E-state index is -1.57. The van der Waals surface area contributed by atoms with Gasteiger partial charge in [-0.3, -0.25) is 9.59 Å². The molecule has 1 aromatic rings. The monoisotopic (exact) mass is 345 g/mol. The number of hydrogen-bond donors (Lipinski definition) is 1. The topological polar surface area (TPSA) is 71.4 Å². The minimum Gasteiger partial charge on any atom is -0.475 e. The zero-order valence-corrected chi connectivity index (χ0v) is 10.1. The molecular weight excluding hydrogens is 336 g/mol. The summed E-state index contributed by atoms with van der Waals surface area (Å²) in [5.41, 5.74) is 0.349. The van der Waals surface area contributed by atoms with Crippen LogP contribution in [0.3, 0.4) is 0 Å². The van der Waals surface area contributed by atoms with Gasteiger partial charge >= 0.3 is 5.97 Å². The van der Waals surface area contributed by atoms with E-state index in [0.717, 1.165) is 0 Å². The summed E-state index contributed by atoms with van der Waals surface area (Å²) in [6.45, 7) is 0. The molecule has 0 fully saturated rings. The predicted octanol–water partition coefficient (Wildman–Crippen LogP) is 0.913. The van der Waals surface area contributed by atoms with E-state index in [1.54, 1.807) is 18.2 Å². The zero-order chi connectivity index (χ0) is 10.6. The molecule has 0 unspecified atom stereocenters. The quantitative estimate of drug-likeness (QED) is 0.501. The molecule has 15 heavy (non-hydrogen) atoms. The molecule has 1 radical (unpaired) electrons. The summed E-state index contributed by atoms with van der Waals surface area (Å²) in [6.07, 6.45) is -0.584. The molecule has 1 N–H and O–H groups in total. The molecule has 79 valence electrons. The molecule has 0 spiro atoms. The van der Waals surface area contributed by atoms with Gasteiger partial charge in [0, 0.05) is 54.9 Å². The third kappa shape index (κ3) is 4.77. The van der Waals surface area contributed by atoms with Crippen molar-refractivity contribution in [2.75, 3.05) is 0 Å². The average Bonchev–Trinajstić information content (AvgIpc) is 2.19. The van der Waals surface area contributed by atoms with Gasteiger partial charge in [-0.1, -0.05) is 30.3 Å². The van der Waals surface area contributed by atoms with Crippen molar-refractivity contribution < 1.29 is 68.9 Å². The van der Waals surface area contributed by atoms with Crippen LogP contribution in [0.1, 0.15) is 16.8 Å². The minimum absolute atomic E-state index is 0. The van der Waals surface area contributed by atoms with E-state index >= 15 is 0 Å². The predicted molar refractivity (Wildman–Crippen MR) is 48.0 cm³/mol. The second-order valence-electron chi connectivity index (χ2n) is 2.69. The number of Topliss-reactive ketones (excluding diaryl/α,β-unsaturated/α-hetero) is 2. The Hall–Kier alpha value is -0.386. The Morgan fingerprint density at radius 3 is 2.07 bits per heavy atom. The van der Waals surface area contributed by atoms with Crippen LogP contribution in [0.5, 0.6) is 0 Å². The Bertz CT molecular complexity index is 372. The fourth-order valence-electron chi connectivity index (χ4n) is 0.948. The Labute approximate surface area is 127 Å². The third-order valence-corrected chi connectivity index (χ3v) is 1.66. The van der Waals surface area contributed by atoms with Crippen LogP contribution in [-0.2, 0) is 9.59 Å². The third-order valence-electron chi connectivity index (χ3n) is 1.66. The molecule has 0 amide bonds. The summed E-state index contributed by atoms with van der Waals surface area (Å²) < 4.78 is 0. The molecule has 0 aliphatic rings. The Kier molecular flexibility index (Phi) is 6.80. The first-order chi connectivity index (χ1) is 6.61. The van der Waals surface area contributed by atoms with Crippen molar-refractivity contribution in [3.63, 3.8) is 0 Å². The molecule has 0 aliphatic carbocycles. The molecule has 0 saturated heterocycles. The normalized spacial score (nSPS) is 8.80. The van der Waals surface area contributed by atoms with Crippen molar-refractivity contribution in [3.8, 4) is 0 Å². The number of benzene rings is 1. The van der Waals surface area contributed by atoms with E-state index in [9.17, 15) is 14.4 Å². The van der Waals surface area contributed by atoms with Crippen molar-refractivity contribution >= 4 is 17.5 Å². The van der Waals surface area contributed by atoms with Crippen molar-refractivity contribution in [2.45, 2.75) is 6.42 Å². The van der Waals surface area contributed by atoms with E-state index in [1.165, 1.54) is 12.1 Å². The van der Waals surface area contributed by atoms with Gasteiger partial charge in [-0.2, -0.15) is 0 Å². The number of carboxylic acids is 1. The molecular formula is C10H8EuO4. The van der Waals surface area contributed by atoms with Crippen molar-refractivity contribution in [2.24, 2.45) is 0 Å². The number of hydrogen-bond acceptors (Lipinski definition) is 3. The maximum Gasteiger partial charge on any atom is 0.372 e. The van der Waals surface area contributed by atoms with Gasteiger partial charge in [0.1, 0.15) is 0 Å². The summed E-state index contributed by atoms with van der Waals surface area (Å²) in [5.74, 6) is -3.13. The summed E-state index contributed by atoms with van der Waals surface area (Å²) in [6, 6.07) is 8.11. The van der Waals surface area contributed by atoms with Crippen molar-refractivity contribution in [1.29, 1.82) is 0 Å². The summed E-state index contributed by atoms with van der Waals surface area (Å²) >= 11 is 0. The summed E-state index contributed by atoms with van der Waals surface area (Å²) in [5, 5.41) is 8.28. The second-order valence-corrected chi connectivity index (χ2v) is 2.69. The van der Waals surface area contributed by atoms with E-state index in [1.807, 2.05) is 0 Å². The van der Waals surface area contributed by atoms with Crippen molar-refractivity contribution in [3.05, 3.63) is 35.9 Å². The fourth-order valence-corrected chi connectivity index (χ4v) is 0.948. The molecule has 0 saturated carbocycles. The SMILES string of the molecule is O=C(O)C(=O)CC(=O)c1ccccc1.[Eu]. The van der Waals surface area contributed by atoms with Gasteiger partial charge < -0.3 is 5.11 Å². The van der Waals surface area contributed by atoms with Crippen LogP contribution in [0.2, 0.25) is 0 Å². The number of carbonyl (C=O) groups is 3. The first-order valence-electron chi connectivity index (χ1n) is 3.95. The Morgan fingerprint density at radius 2 is 1.60 bits per heavy atom. The number of aliphatic carboxylic acids is 1. The molecule has 0 atom stereocenters. The van der Waals surface area contributed by atoms with Crippen LogP contribution >= 0.6 is 0 Å². The Balaban J connectivity index is 0.00000196. The van der Waals surface area contributed by atoms with Gasteiger partial charge in [0.15, 0.2) is 5.78 Å². The van der Waals surface area contributed by atoms with Crippen LogP contribution in [0.4, 0.5) is 0 Å². The molecule has 1 rings (SSSR count). The molecule has 0 aliphatic heterocycles. The van der Waals surface area contributed by atoms with Gasteiger partial charge in [0.25, 0.3) is 0 Å². The van der Waals surface area contributed by atoms with Crippen LogP contribution in [0, 0.1) is 49.4 Å². The van der Waals surface area contributed by atoms with Crippen LogP contribution < -0.4 is 0 Å². The van der Waals surface area contributed by atoms with Gasteiger partial charge in [0.05, 0.1) is 6.42 Å². The summed E-state index contributed by atoms with van der Waals surface area (Å²) in [7, 11) is 0. The van der Waals surface area contributed by atoms with Crippen LogP contribution in [0.15, 0.2) is 30.3 Å². The van der Waals surface area contributed by atoms with E-state index in [0.29, 0.717) is 5.56 Å².